The first-order valence-electron chi connectivity index (χ1n) is 13.1. The van der Waals surface area contributed by atoms with E-state index in [0.717, 1.165) is 53.8 Å². The van der Waals surface area contributed by atoms with Gasteiger partial charge in [0.2, 0.25) is 0 Å². The van der Waals surface area contributed by atoms with Gasteiger partial charge in [0.1, 0.15) is 55.4 Å². The fraction of sp³-hybridized carbons (Fsp3) is 0.300. The van der Waals surface area contributed by atoms with Crippen LogP contribution in [0.2, 0.25) is 0 Å². The van der Waals surface area contributed by atoms with Gasteiger partial charge in [-0.25, -0.2) is 15.0 Å². The van der Waals surface area contributed by atoms with Crippen molar-refractivity contribution in [2.45, 2.75) is 18.3 Å². The lowest BCUT2D eigenvalue weighted by Crippen LogP contribution is -2.04. The van der Waals surface area contributed by atoms with E-state index in [4.69, 9.17) is 43.4 Å². The van der Waals surface area contributed by atoms with Crippen molar-refractivity contribution in [1.29, 1.82) is 0 Å². The Kier molecular flexibility index (Phi) is 6.53. The average molecular weight is 526 g/mol. The molecule has 0 radical (unpaired) electrons. The molecule has 3 atom stereocenters. The lowest BCUT2D eigenvalue weighted by molar-refractivity contribution is 0.263. The highest BCUT2D eigenvalue weighted by Gasteiger charge is 2.24. The number of ether oxygens (including phenoxy) is 6. The summed E-state index contributed by atoms with van der Waals surface area (Å²) >= 11 is 0. The lowest BCUT2D eigenvalue weighted by atomic mass is 10.1. The van der Waals surface area contributed by atoms with Gasteiger partial charge in [-0.05, 0) is 72.8 Å². The van der Waals surface area contributed by atoms with Gasteiger partial charge in [0.15, 0.2) is 17.5 Å². The van der Waals surface area contributed by atoms with Crippen molar-refractivity contribution in [3.05, 3.63) is 72.8 Å². The van der Waals surface area contributed by atoms with Gasteiger partial charge in [-0.1, -0.05) is 0 Å². The zero-order valence-electron chi connectivity index (χ0n) is 21.2. The number of rotatable bonds is 12. The third-order valence-electron chi connectivity index (χ3n) is 6.49. The van der Waals surface area contributed by atoms with Crippen LogP contribution in [0.1, 0.15) is 0 Å². The smallest absolute Gasteiger partial charge is 0.164 e. The maximum absolute atomic E-state index is 5.79. The van der Waals surface area contributed by atoms with E-state index < -0.39 is 0 Å². The molecule has 198 valence electrons. The summed E-state index contributed by atoms with van der Waals surface area (Å²) in [6, 6.07) is 23.3. The average Bonchev–Trinajstić information content (AvgIpc) is 3.82. The maximum atomic E-state index is 5.79. The molecule has 3 fully saturated rings. The molecule has 3 saturated heterocycles. The van der Waals surface area contributed by atoms with Crippen molar-refractivity contribution in [3.63, 3.8) is 0 Å². The molecular weight excluding hydrogens is 498 g/mol. The molecule has 3 aromatic carbocycles. The monoisotopic (exact) mass is 525 g/mol. The van der Waals surface area contributed by atoms with Crippen LogP contribution < -0.4 is 14.2 Å². The molecule has 0 spiro atoms. The zero-order chi connectivity index (χ0) is 26.0. The third-order valence-corrected chi connectivity index (χ3v) is 6.49. The highest BCUT2D eigenvalue weighted by Crippen LogP contribution is 2.28. The molecule has 7 rings (SSSR count). The Morgan fingerprint density at radius 2 is 0.718 bits per heavy atom. The van der Waals surface area contributed by atoms with Crippen LogP contribution in [-0.4, -0.2) is 72.9 Å². The van der Waals surface area contributed by atoms with Gasteiger partial charge >= 0.3 is 0 Å². The Morgan fingerprint density at radius 3 is 0.949 bits per heavy atom. The molecule has 39 heavy (non-hydrogen) atoms. The van der Waals surface area contributed by atoms with Crippen LogP contribution in [0, 0.1) is 0 Å². The van der Waals surface area contributed by atoms with E-state index in [2.05, 4.69) is 0 Å². The molecule has 0 amide bonds. The highest BCUT2D eigenvalue weighted by atomic mass is 16.6. The van der Waals surface area contributed by atoms with Crippen molar-refractivity contribution in [2.75, 3.05) is 39.6 Å². The summed E-state index contributed by atoms with van der Waals surface area (Å²) in [4.78, 5) is 14.5. The predicted octanol–water partition coefficient (Wildman–Crippen LogP) is 4.21. The largest absolute Gasteiger partial charge is 0.491 e. The second kappa shape index (κ2) is 10.6. The third kappa shape index (κ3) is 6.34. The summed E-state index contributed by atoms with van der Waals surface area (Å²) in [5, 5.41) is 0. The molecule has 3 aliphatic heterocycles. The fourth-order valence-electron chi connectivity index (χ4n) is 3.92. The zero-order valence-corrected chi connectivity index (χ0v) is 21.2. The molecular formula is C30H27N3O6. The first kappa shape index (κ1) is 24.0. The topological polar surface area (TPSA) is 104 Å². The number of hydrogen-bond donors (Lipinski definition) is 0. The number of benzene rings is 3. The van der Waals surface area contributed by atoms with Gasteiger partial charge in [0.05, 0.1) is 19.8 Å². The summed E-state index contributed by atoms with van der Waals surface area (Å²) in [5.74, 6) is 4.06. The van der Waals surface area contributed by atoms with E-state index in [1.165, 1.54) is 0 Å². The molecule has 0 saturated carbocycles. The maximum Gasteiger partial charge on any atom is 0.164 e. The van der Waals surface area contributed by atoms with Gasteiger partial charge in [0, 0.05) is 16.7 Å². The van der Waals surface area contributed by atoms with Crippen LogP contribution in [0.15, 0.2) is 72.8 Å². The minimum atomic E-state index is 0.205. The van der Waals surface area contributed by atoms with Crippen molar-refractivity contribution in [1.82, 2.24) is 15.0 Å². The normalized spacial score (nSPS) is 20.8. The molecule has 4 aromatic rings. The van der Waals surface area contributed by atoms with Gasteiger partial charge in [-0.2, -0.15) is 0 Å². The number of hydrogen-bond acceptors (Lipinski definition) is 9. The fourth-order valence-corrected chi connectivity index (χ4v) is 3.92. The van der Waals surface area contributed by atoms with Gasteiger partial charge in [-0.3, -0.25) is 0 Å². The van der Waals surface area contributed by atoms with Crippen LogP contribution in [0.3, 0.4) is 0 Å². The SMILES string of the molecule is c1cc(-c2nc(-c3ccc(OCC4CO4)cc3)nc(-c3ccc(OCC4CO4)cc3)n2)ccc1OCC1CO1. The van der Waals surface area contributed by atoms with E-state index >= 15 is 0 Å². The van der Waals surface area contributed by atoms with Crippen LogP contribution in [0.25, 0.3) is 34.2 Å². The van der Waals surface area contributed by atoms with Gasteiger partial charge in [0.25, 0.3) is 0 Å². The van der Waals surface area contributed by atoms with E-state index in [-0.39, 0.29) is 18.3 Å². The molecule has 0 bridgehead atoms. The standard InChI is InChI=1S/C30H27N3O6/c1-7-22(34-13-25-16-37-25)8-2-19(1)28-31-29(20-3-9-23(10-4-20)35-14-26-17-38-26)33-30(32-28)21-5-11-24(12-6-21)36-15-27-18-39-27/h1-12,25-27H,13-18H2. The Balaban J connectivity index is 1.16. The second-order valence-electron chi connectivity index (χ2n) is 9.68. The molecule has 4 heterocycles. The molecule has 1 aromatic heterocycles. The molecule has 0 N–H and O–H groups in total. The number of nitrogens with zero attached hydrogens (tertiary/aromatic N) is 3. The Hall–Kier alpha value is -4.05. The second-order valence-corrected chi connectivity index (χ2v) is 9.68. The van der Waals surface area contributed by atoms with Crippen LogP contribution in [0.4, 0.5) is 0 Å². The minimum Gasteiger partial charge on any atom is -0.491 e. The molecule has 3 unspecified atom stereocenters. The van der Waals surface area contributed by atoms with Crippen LogP contribution in [0.5, 0.6) is 17.2 Å². The summed E-state index contributed by atoms with van der Waals surface area (Å²) in [5.41, 5.74) is 2.59. The Bertz CT molecular complexity index is 1230. The van der Waals surface area contributed by atoms with Crippen LogP contribution >= 0.6 is 0 Å². The quantitative estimate of drug-likeness (QED) is 0.252. The summed E-state index contributed by atoms with van der Waals surface area (Å²) in [6.07, 6.45) is 0.614. The van der Waals surface area contributed by atoms with E-state index in [9.17, 15) is 0 Å². The first-order valence-corrected chi connectivity index (χ1v) is 13.1. The minimum absolute atomic E-state index is 0.205. The molecule has 0 aliphatic carbocycles. The van der Waals surface area contributed by atoms with Crippen molar-refractivity contribution >= 4 is 0 Å². The van der Waals surface area contributed by atoms with E-state index in [0.29, 0.717) is 37.3 Å². The summed E-state index contributed by atoms with van der Waals surface area (Å²) in [6.45, 7) is 3.95. The number of epoxide rings is 3. The predicted molar refractivity (Wildman–Crippen MR) is 142 cm³/mol. The van der Waals surface area contributed by atoms with Gasteiger partial charge < -0.3 is 28.4 Å². The van der Waals surface area contributed by atoms with Crippen molar-refractivity contribution in [3.8, 4) is 51.4 Å². The van der Waals surface area contributed by atoms with Crippen LogP contribution in [-0.2, 0) is 14.2 Å². The van der Waals surface area contributed by atoms with Crippen molar-refractivity contribution < 1.29 is 28.4 Å². The molecule has 3 aliphatic rings. The van der Waals surface area contributed by atoms with E-state index in [1.54, 1.807) is 0 Å². The highest BCUT2D eigenvalue weighted by molar-refractivity contribution is 5.67. The molecule has 9 nitrogen and oxygen atoms in total. The first-order chi connectivity index (χ1) is 19.2. The summed E-state index contributed by atoms with van der Waals surface area (Å²) in [7, 11) is 0. The van der Waals surface area contributed by atoms with E-state index in [1.807, 2.05) is 72.8 Å². The number of aromatic nitrogens is 3. The summed E-state index contributed by atoms with van der Waals surface area (Å²) < 4.78 is 33.0. The Labute approximate surface area is 225 Å². The van der Waals surface area contributed by atoms with Gasteiger partial charge in [-0.15, -0.1) is 0 Å². The van der Waals surface area contributed by atoms with Crippen molar-refractivity contribution in [2.24, 2.45) is 0 Å². The Morgan fingerprint density at radius 1 is 0.462 bits per heavy atom. The molecule has 9 heteroatoms. The lowest BCUT2D eigenvalue weighted by Gasteiger charge is -2.10.